The van der Waals surface area contributed by atoms with Gasteiger partial charge in [0.25, 0.3) is 5.91 Å². The van der Waals surface area contributed by atoms with Gasteiger partial charge < -0.3 is 10.2 Å². The molecule has 1 saturated heterocycles. The van der Waals surface area contributed by atoms with Gasteiger partial charge in [-0.1, -0.05) is 43.2 Å². The van der Waals surface area contributed by atoms with Gasteiger partial charge in [-0.15, -0.1) is 0 Å². The van der Waals surface area contributed by atoms with Crippen LogP contribution in [0.15, 0.2) is 54.6 Å². The van der Waals surface area contributed by atoms with Gasteiger partial charge in [-0.05, 0) is 55.0 Å². The summed E-state index contributed by atoms with van der Waals surface area (Å²) in [5.74, 6) is 0.112. The number of hydrogen-bond acceptors (Lipinski definition) is 3. The van der Waals surface area contributed by atoms with E-state index in [1.165, 1.54) is 42.7 Å². The number of carbonyl (C=O) groups excluding carboxylic acids is 2. The van der Waals surface area contributed by atoms with Gasteiger partial charge in [-0.2, -0.15) is 0 Å². The van der Waals surface area contributed by atoms with Gasteiger partial charge in [0.2, 0.25) is 5.91 Å². The lowest BCUT2D eigenvalue weighted by atomic mass is 9.91. The van der Waals surface area contributed by atoms with Crippen molar-refractivity contribution in [2.75, 3.05) is 32.7 Å². The molecule has 0 spiro atoms. The number of carbonyl (C=O) groups is 2. The molecule has 170 valence electrons. The summed E-state index contributed by atoms with van der Waals surface area (Å²) in [6.45, 7) is 2.98. The molecule has 0 aromatic heterocycles. The van der Waals surface area contributed by atoms with E-state index in [0.29, 0.717) is 37.7 Å². The fourth-order valence-electron chi connectivity index (χ4n) is 4.95. The molecule has 5 nitrogen and oxygen atoms in total. The maximum absolute atomic E-state index is 13.2. The Labute approximate surface area is 189 Å². The monoisotopic (exact) mass is 437 g/mol. The Morgan fingerprint density at radius 3 is 2.34 bits per heavy atom. The smallest absolute Gasteiger partial charge is 0.253 e. The Balaban J connectivity index is 1.33. The molecule has 6 heteroatoms. The molecule has 0 bridgehead atoms. The van der Waals surface area contributed by atoms with Crippen LogP contribution in [-0.4, -0.2) is 54.3 Å². The predicted molar refractivity (Wildman–Crippen MR) is 123 cm³/mol. The SMILES string of the molecule is O=C(CN1CCCN(C(=O)c2ccc(F)cc2)CC1)NC(c1ccccc1)C1CCCC1. The third-order valence-electron chi connectivity index (χ3n) is 6.68. The molecule has 1 saturated carbocycles. The zero-order chi connectivity index (χ0) is 22.3. The summed E-state index contributed by atoms with van der Waals surface area (Å²) in [5.41, 5.74) is 1.68. The molecular formula is C26H32FN3O2. The van der Waals surface area contributed by atoms with Crippen molar-refractivity contribution in [2.45, 2.75) is 38.1 Å². The maximum Gasteiger partial charge on any atom is 0.253 e. The number of hydrogen-bond donors (Lipinski definition) is 1. The fraction of sp³-hybridized carbons (Fsp3) is 0.462. The molecule has 1 heterocycles. The molecule has 2 aromatic carbocycles. The van der Waals surface area contributed by atoms with Gasteiger partial charge in [0.05, 0.1) is 12.6 Å². The molecule has 2 amide bonds. The third kappa shape index (κ3) is 5.74. The summed E-state index contributed by atoms with van der Waals surface area (Å²) in [6, 6.07) is 16.0. The van der Waals surface area contributed by atoms with E-state index >= 15 is 0 Å². The summed E-state index contributed by atoms with van der Waals surface area (Å²) in [6.07, 6.45) is 5.58. The summed E-state index contributed by atoms with van der Waals surface area (Å²) < 4.78 is 13.2. The van der Waals surface area contributed by atoms with E-state index in [4.69, 9.17) is 0 Å². The highest BCUT2D eigenvalue weighted by Gasteiger charge is 2.28. The highest BCUT2D eigenvalue weighted by Crippen LogP contribution is 2.35. The molecule has 1 aliphatic heterocycles. The minimum atomic E-state index is -0.346. The molecule has 2 aliphatic rings. The summed E-state index contributed by atoms with van der Waals surface area (Å²) in [4.78, 5) is 29.6. The van der Waals surface area contributed by atoms with Crippen LogP contribution in [0.1, 0.15) is 54.1 Å². The van der Waals surface area contributed by atoms with Crippen LogP contribution in [0.5, 0.6) is 0 Å². The van der Waals surface area contributed by atoms with Crippen molar-refractivity contribution in [3.05, 3.63) is 71.5 Å². The molecule has 4 rings (SSSR count). The van der Waals surface area contributed by atoms with Crippen LogP contribution >= 0.6 is 0 Å². The van der Waals surface area contributed by atoms with Crippen LogP contribution in [0.25, 0.3) is 0 Å². The van der Waals surface area contributed by atoms with Crippen molar-refractivity contribution in [1.82, 2.24) is 15.1 Å². The number of nitrogens with zero attached hydrogens (tertiary/aromatic N) is 2. The van der Waals surface area contributed by atoms with Gasteiger partial charge in [0, 0.05) is 31.7 Å². The molecular weight excluding hydrogens is 405 g/mol. The highest BCUT2D eigenvalue weighted by atomic mass is 19.1. The first kappa shape index (κ1) is 22.5. The summed E-state index contributed by atoms with van der Waals surface area (Å²) in [7, 11) is 0. The zero-order valence-electron chi connectivity index (χ0n) is 18.5. The lowest BCUT2D eigenvalue weighted by Gasteiger charge is -2.27. The van der Waals surface area contributed by atoms with E-state index in [0.717, 1.165) is 25.8 Å². The van der Waals surface area contributed by atoms with Crippen LogP contribution in [0.3, 0.4) is 0 Å². The standard InChI is InChI=1S/C26H32FN3O2/c27-23-13-11-22(12-14-23)26(32)30-16-6-15-29(17-18-30)19-24(31)28-25(21-9-4-5-10-21)20-7-2-1-3-8-20/h1-3,7-8,11-14,21,25H,4-6,9-10,15-19H2,(H,28,31). The second kappa shape index (κ2) is 10.7. The number of halogens is 1. The second-order valence-corrected chi connectivity index (χ2v) is 8.93. The number of nitrogens with one attached hydrogen (secondary N) is 1. The lowest BCUT2D eigenvalue weighted by molar-refractivity contribution is -0.123. The predicted octanol–water partition coefficient (Wildman–Crippen LogP) is 4.02. The summed E-state index contributed by atoms with van der Waals surface area (Å²) in [5, 5.41) is 3.31. The van der Waals surface area contributed by atoms with Crippen molar-refractivity contribution in [2.24, 2.45) is 5.92 Å². The van der Waals surface area contributed by atoms with E-state index in [1.807, 2.05) is 18.2 Å². The van der Waals surface area contributed by atoms with Crippen LogP contribution in [0.4, 0.5) is 4.39 Å². The zero-order valence-corrected chi connectivity index (χ0v) is 18.5. The van der Waals surface area contributed by atoms with Crippen molar-refractivity contribution < 1.29 is 14.0 Å². The van der Waals surface area contributed by atoms with Gasteiger partial charge in [0.1, 0.15) is 5.82 Å². The van der Waals surface area contributed by atoms with Crippen LogP contribution in [0.2, 0.25) is 0 Å². The first-order valence-electron chi connectivity index (χ1n) is 11.7. The van der Waals surface area contributed by atoms with Gasteiger partial charge >= 0.3 is 0 Å². The molecule has 2 fully saturated rings. The van der Waals surface area contributed by atoms with Crippen molar-refractivity contribution in [3.63, 3.8) is 0 Å². The third-order valence-corrected chi connectivity index (χ3v) is 6.68. The Kier molecular flexibility index (Phi) is 7.53. The van der Waals surface area contributed by atoms with Gasteiger partial charge in [-0.3, -0.25) is 14.5 Å². The number of rotatable bonds is 6. The van der Waals surface area contributed by atoms with Gasteiger partial charge in [0.15, 0.2) is 0 Å². The van der Waals surface area contributed by atoms with Crippen molar-refractivity contribution in [3.8, 4) is 0 Å². The van der Waals surface area contributed by atoms with Crippen molar-refractivity contribution in [1.29, 1.82) is 0 Å². The molecule has 1 N–H and O–H groups in total. The van der Waals surface area contributed by atoms with E-state index in [9.17, 15) is 14.0 Å². The molecule has 2 aromatic rings. The number of benzene rings is 2. The van der Waals surface area contributed by atoms with E-state index in [2.05, 4.69) is 22.3 Å². The second-order valence-electron chi connectivity index (χ2n) is 8.93. The molecule has 0 radical (unpaired) electrons. The minimum absolute atomic E-state index is 0.0454. The minimum Gasteiger partial charge on any atom is -0.348 e. The first-order chi connectivity index (χ1) is 15.6. The topological polar surface area (TPSA) is 52.7 Å². The quantitative estimate of drug-likeness (QED) is 0.743. The molecule has 32 heavy (non-hydrogen) atoms. The Morgan fingerprint density at radius 1 is 0.906 bits per heavy atom. The lowest BCUT2D eigenvalue weighted by Crippen LogP contribution is -2.42. The first-order valence-corrected chi connectivity index (χ1v) is 11.7. The van der Waals surface area contributed by atoms with E-state index in [1.54, 1.807) is 4.90 Å². The Bertz CT molecular complexity index is 897. The van der Waals surface area contributed by atoms with E-state index in [-0.39, 0.29) is 23.7 Å². The van der Waals surface area contributed by atoms with Crippen LogP contribution < -0.4 is 5.32 Å². The van der Waals surface area contributed by atoms with E-state index < -0.39 is 0 Å². The van der Waals surface area contributed by atoms with Crippen molar-refractivity contribution >= 4 is 11.8 Å². The Hall–Kier alpha value is -2.73. The molecule has 1 atom stereocenters. The maximum atomic E-state index is 13.2. The number of amides is 2. The molecule has 1 aliphatic carbocycles. The normalized spacial score (nSPS) is 18.8. The average Bonchev–Trinajstić information content (AvgIpc) is 3.25. The average molecular weight is 438 g/mol. The largest absolute Gasteiger partial charge is 0.348 e. The molecule has 1 unspecified atom stereocenters. The van der Waals surface area contributed by atoms with Gasteiger partial charge in [-0.25, -0.2) is 4.39 Å². The summed E-state index contributed by atoms with van der Waals surface area (Å²) >= 11 is 0. The highest BCUT2D eigenvalue weighted by molar-refractivity contribution is 5.94. The fourth-order valence-corrected chi connectivity index (χ4v) is 4.95. The van der Waals surface area contributed by atoms with Crippen LogP contribution in [-0.2, 0) is 4.79 Å². The Morgan fingerprint density at radius 2 is 1.62 bits per heavy atom. The van der Waals surface area contributed by atoms with Crippen LogP contribution in [0, 0.1) is 11.7 Å².